The fourth-order valence-electron chi connectivity index (χ4n) is 2.76. The first-order valence-corrected chi connectivity index (χ1v) is 12.9. The van der Waals surface area contributed by atoms with Gasteiger partial charge in [-0.15, -0.1) is 11.8 Å². The summed E-state index contributed by atoms with van der Waals surface area (Å²) in [5, 5.41) is 5.55. The molecule has 0 aliphatic heterocycles. The Morgan fingerprint density at radius 1 is 1.16 bits per heavy atom. The Labute approximate surface area is 192 Å². The van der Waals surface area contributed by atoms with Crippen molar-refractivity contribution in [3.63, 3.8) is 0 Å². The van der Waals surface area contributed by atoms with Crippen LogP contribution >= 0.6 is 34.7 Å². The summed E-state index contributed by atoms with van der Waals surface area (Å²) < 4.78 is 29.4. The van der Waals surface area contributed by atoms with Crippen molar-refractivity contribution in [3.8, 4) is 0 Å². The van der Waals surface area contributed by atoms with E-state index in [0.29, 0.717) is 27.1 Å². The number of rotatable bonds is 7. The van der Waals surface area contributed by atoms with E-state index < -0.39 is 10.0 Å². The number of nitrogens with zero attached hydrogens (tertiary/aromatic N) is 3. The van der Waals surface area contributed by atoms with Crippen LogP contribution in [-0.2, 0) is 22.2 Å². The van der Waals surface area contributed by atoms with E-state index in [1.165, 1.54) is 57.9 Å². The minimum Gasteiger partial charge on any atom is -0.278 e. The molecular weight excluding hydrogens is 476 g/mol. The topological polar surface area (TPSA) is 93.4 Å². The van der Waals surface area contributed by atoms with Gasteiger partial charge in [-0.3, -0.25) is 9.52 Å². The molecule has 7 nitrogen and oxygen atoms in total. The van der Waals surface area contributed by atoms with Gasteiger partial charge in [-0.1, -0.05) is 42.0 Å². The minimum absolute atomic E-state index is 0.119. The quantitative estimate of drug-likeness (QED) is 0.383. The lowest BCUT2D eigenvalue weighted by molar-refractivity contribution is 0.601. The lowest BCUT2D eigenvalue weighted by Gasteiger charge is -2.12. The average Bonchev–Trinajstić information content (AvgIpc) is 3.17. The Balaban J connectivity index is 1.56. The van der Waals surface area contributed by atoms with Crippen molar-refractivity contribution < 1.29 is 8.42 Å². The van der Waals surface area contributed by atoms with Gasteiger partial charge in [-0.25, -0.2) is 13.4 Å². The third kappa shape index (κ3) is 4.93. The van der Waals surface area contributed by atoms with Crippen LogP contribution in [0.15, 0.2) is 69.2 Å². The highest BCUT2D eigenvalue weighted by Crippen LogP contribution is 2.31. The van der Waals surface area contributed by atoms with Gasteiger partial charge >= 0.3 is 0 Å². The highest BCUT2D eigenvalue weighted by molar-refractivity contribution is 7.98. The molecule has 0 radical (unpaired) electrons. The summed E-state index contributed by atoms with van der Waals surface area (Å²) in [6.07, 6.45) is 0.735. The molecule has 0 aliphatic rings. The first-order valence-electron chi connectivity index (χ1n) is 9.24. The number of benzene rings is 2. The van der Waals surface area contributed by atoms with E-state index in [-0.39, 0.29) is 10.5 Å². The maximum absolute atomic E-state index is 12.7. The second-order valence-corrected chi connectivity index (χ2v) is 10.7. The van der Waals surface area contributed by atoms with Crippen molar-refractivity contribution in [2.75, 3.05) is 4.72 Å². The normalized spacial score (nSPS) is 11.7. The summed E-state index contributed by atoms with van der Waals surface area (Å²) >= 11 is 8.63. The lowest BCUT2D eigenvalue weighted by Crippen LogP contribution is -2.15. The molecule has 31 heavy (non-hydrogen) atoms. The molecule has 4 aromatic rings. The van der Waals surface area contributed by atoms with Crippen LogP contribution in [0.3, 0.4) is 0 Å². The first-order chi connectivity index (χ1) is 14.9. The van der Waals surface area contributed by atoms with E-state index in [9.17, 15) is 13.2 Å². The molecule has 0 unspecified atom stereocenters. The van der Waals surface area contributed by atoms with Gasteiger partial charge < -0.3 is 0 Å². The monoisotopic (exact) mass is 492 g/mol. The zero-order chi connectivity index (χ0) is 22.0. The van der Waals surface area contributed by atoms with Gasteiger partial charge in [0.05, 0.1) is 16.3 Å². The molecule has 0 bridgehead atoms. The zero-order valence-corrected chi connectivity index (χ0v) is 19.5. The second-order valence-electron chi connectivity index (χ2n) is 6.47. The number of aromatic nitrogens is 3. The van der Waals surface area contributed by atoms with E-state index in [2.05, 4.69) is 14.8 Å². The fourth-order valence-corrected chi connectivity index (χ4v) is 5.79. The number of halogens is 1. The third-order valence-electron chi connectivity index (χ3n) is 4.27. The molecule has 2 aromatic carbocycles. The molecular formula is C20H17ClN4O3S3. The number of thioether (sulfide) groups is 1. The Hall–Kier alpha value is -2.40. The van der Waals surface area contributed by atoms with Gasteiger partial charge in [0.1, 0.15) is 5.01 Å². The molecule has 11 heteroatoms. The highest BCUT2D eigenvalue weighted by Gasteiger charge is 2.16. The van der Waals surface area contributed by atoms with Gasteiger partial charge in [-0.05, 0) is 42.8 Å². The molecule has 160 valence electrons. The van der Waals surface area contributed by atoms with E-state index in [0.717, 1.165) is 16.3 Å². The van der Waals surface area contributed by atoms with Crippen molar-refractivity contribution in [1.82, 2.24) is 14.6 Å². The molecule has 0 saturated heterocycles. The van der Waals surface area contributed by atoms with Gasteiger partial charge in [0.2, 0.25) is 4.96 Å². The van der Waals surface area contributed by atoms with Crippen molar-refractivity contribution >= 4 is 55.4 Å². The number of para-hydroxylation sites is 1. The molecule has 0 amide bonds. The second kappa shape index (κ2) is 8.99. The van der Waals surface area contributed by atoms with Crippen LogP contribution in [0.25, 0.3) is 4.96 Å². The van der Waals surface area contributed by atoms with Crippen LogP contribution in [0, 0.1) is 0 Å². The van der Waals surface area contributed by atoms with Crippen LogP contribution in [0.5, 0.6) is 0 Å². The summed E-state index contributed by atoms with van der Waals surface area (Å²) in [4.78, 5) is 18.3. The lowest BCUT2D eigenvalue weighted by atomic mass is 10.3. The molecule has 2 aromatic heterocycles. The van der Waals surface area contributed by atoms with Crippen LogP contribution < -0.4 is 10.3 Å². The fraction of sp³-hybridized carbons (Fsp3) is 0.150. The Kier molecular flexibility index (Phi) is 6.33. The van der Waals surface area contributed by atoms with Crippen LogP contribution in [0.2, 0.25) is 5.02 Å². The standard InChI is InChI=1S/C20H17ClN4O3S3/c1-2-18-23-25-19(26)11-14(22-20(25)30-18)12-29-17-6-4-3-5-16(17)24-31(27,28)15-9-7-13(21)8-10-15/h3-11,24H,2,12H2,1H3. The molecule has 0 fully saturated rings. The Morgan fingerprint density at radius 3 is 2.65 bits per heavy atom. The Bertz CT molecular complexity index is 1400. The maximum Gasteiger partial charge on any atom is 0.275 e. The molecule has 0 spiro atoms. The summed E-state index contributed by atoms with van der Waals surface area (Å²) in [6, 6.07) is 14.5. The number of nitrogens with one attached hydrogen (secondary N) is 1. The highest BCUT2D eigenvalue weighted by atomic mass is 35.5. The predicted molar refractivity (Wildman–Crippen MR) is 125 cm³/mol. The Morgan fingerprint density at radius 2 is 1.90 bits per heavy atom. The van der Waals surface area contributed by atoms with E-state index in [1.54, 1.807) is 12.1 Å². The van der Waals surface area contributed by atoms with E-state index >= 15 is 0 Å². The number of fused-ring (bicyclic) bond motifs is 1. The molecule has 4 rings (SSSR count). The van der Waals surface area contributed by atoms with Gasteiger partial charge in [0.15, 0.2) is 0 Å². The summed E-state index contributed by atoms with van der Waals surface area (Å²) in [5.74, 6) is 0.408. The number of anilines is 1. The summed E-state index contributed by atoms with van der Waals surface area (Å²) in [7, 11) is -3.77. The molecule has 1 N–H and O–H groups in total. The number of sulfonamides is 1. The van der Waals surface area contributed by atoms with Crippen molar-refractivity contribution in [1.29, 1.82) is 0 Å². The minimum atomic E-state index is -3.77. The average molecular weight is 493 g/mol. The molecule has 0 aliphatic carbocycles. The van der Waals surface area contributed by atoms with Crippen molar-refractivity contribution in [3.05, 3.63) is 80.7 Å². The van der Waals surface area contributed by atoms with E-state index in [4.69, 9.17) is 11.6 Å². The zero-order valence-electron chi connectivity index (χ0n) is 16.3. The number of hydrogen-bond acceptors (Lipinski definition) is 7. The van der Waals surface area contributed by atoms with Gasteiger partial charge in [-0.2, -0.15) is 9.61 Å². The summed E-state index contributed by atoms with van der Waals surface area (Å²) in [5.41, 5.74) is 0.830. The van der Waals surface area contributed by atoms with Crippen LogP contribution in [0.1, 0.15) is 17.6 Å². The smallest absolute Gasteiger partial charge is 0.275 e. The predicted octanol–water partition coefficient (Wildman–Crippen LogP) is 4.46. The van der Waals surface area contributed by atoms with Crippen LogP contribution in [-0.4, -0.2) is 23.0 Å². The maximum atomic E-state index is 12.7. The molecule has 0 saturated carbocycles. The van der Waals surface area contributed by atoms with Gasteiger partial charge in [0, 0.05) is 21.7 Å². The molecule has 0 atom stereocenters. The van der Waals surface area contributed by atoms with Crippen molar-refractivity contribution in [2.45, 2.75) is 28.9 Å². The van der Waals surface area contributed by atoms with E-state index in [1.807, 2.05) is 19.1 Å². The molecule has 2 heterocycles. The largest absolute Gasteiger partial charge is 0.278 e. The number of aryl methyl sites for hydroxylation is 1. The third-order valence-corrected chi connectivity index (χ3v) is 8.07. The number of hydrogen-bond donors (Lipinski definition) is 1. The SMILES string of the molecule is CCc1nn2c(=O)cc(CSc3ccccc3NS(=O)(=O)c3ccc(Cl)cc3)nc2s1. The van der Waals surface area contributed by atoms with Crippen LogP contribution in [0.4, 0.5) is 5.69 Å². The summed E-state index contributed by atoms with van der Waals surface area (Å²) in [6.45, 7) is 1.97. The first kappa shape index (κ1) is 21.8. The van der Waals surface area contributed by atoms with Crippen molar-refractivity contribution in [2.24, 2.45) is 0 Å². The van der Waals surface area contributed by atoms with Gasteiger partial charge in [0.25, 0.3) is 15.6 Å².